The van der Waals surface area contributed by atoms with Crippen molar-refractivity contribution in [1.29, 1.82) is 5.26 Å². The third kappa shape index (κ3) is 4.34. The summed E-state index contributed by atoms with van der Waals surface area (Å²) in [5.74, 6) is -0.699. The Morgan fingerprint density at radius 2 is 2.16 bits per heavy atom. The van der Waals surface area contributed by atoms with Crippen LogP contribution in [0.2, 0.25) is 0 Å². The van der Waals surface area contributed by atoms with E-state index in [1.807, 2.05) is 25.1 Å². The lowest BCUT2D eigenvalue weighted by molar-refractivity contribution is 0.0534. The molecule has 1 saturated heterocycles. The van der Waals surface area contributed by atoms with Gasteiger partial charge in [0.1, 0.15) is 24.5 Å². The highest BCUT2D eigenvalue weighted by Gasteiger charge is 2.31. The van der Waals surface area contributed by atoms with Crippen LogP contribution in [-0.4, -0.2) is 53.6 Å². The van der Waals surface area contributed by atoms with Crippen LogP contribution in [0.1, 0.15) is 55.2 Å². The van der Waals surface area contributed by atoms with Crippen molar-refractivity contribution in [2.24, 2.45) is 0 Å². The second kappa shape index (κ2) is 9.05. The van der Waals surface area contributed by atoms with E-state index in [0.717, 1.165) is 23.1 Å². The first-order valence-corrected chi connectivity index (χ1v) is 10.7. The van der Waals surface area contributed by atoms with Crippen molar-refractivity contribution in [2.45, 2.75) is 45.5 Å². The minimum absolute atomic E-state index is 0.186. The van der Waals surface area contributed by atoms with Crippen molar-refractivity contribution in [2.75, 3.05) is 19.6 Å². The molecule has 2 aliphatic heterocycles. The molecule has 0 aliphatic carbocycles. The Bertz CT molecular complexity index is 1110. The number of fused-ring (bicyclic) bond motifs is 1. The van der Waals surface area contributed by atoms with Gasteiger partial charge in [-0.05, 0) is 56.0 Å². The molecule has 3 heterocycles. The summed E-state index contributed by atoms with van der Waals surface area (Å²) in [6.07, 6.45) is 0.0819. The number of benzene rings is 1. The molecule has 1 aromatic heterocycles. The number of pyridine rings is 1. The first kappa shape index (κ1) is 21.9. The SMILES string of the molecule is Cc1nc(C(=O)NC2CCN(CCc3ccc4c(c3C)COC4=O)CC2F)ccc1C#N. The van der Waals surface area contributed by atoms with Crippen LogP contribution < -0.4 is 5.32 Å². The summed E-state index contributed by atoms with van der Waals surface area (Å²) in [5, 5.41) is 11.7. The number of nitriles is 1. The molecule has 1 aromatic carbocycles. The molecule has 32 heavy (non-hydrogen) atoms. The van der Waals surface area contributed by atoms with Crippen LogP contribution in [0.4, 0.5) is 4.39 Å². The number of piperidine rings is 1. The maximum Gasteiger partial charge on any atom is 0.338 e. The number of carbonyl (C=O) groups excluding carboxylic acids is 2. The van der Waals surface area contributed by atoms with Crippen molar-refractivity contribution in [3.05, 3.63) is 63.5 Å². The predicted molar refractivity (Wildman–Crippen MR) is 115 cm³/mol. The third-order valence-electron chi connectivity index (χ3n) is 6.36. The quantitative estimate of drug-likeness (QED) is 0.724. The van der Waals surface area contributed by atoms with Gasteiger partial charge in [-0.15, -0.1) is 0 Å². The van der Waals surface area contributed by atoms with Crippen molar-refractivity contribution >= 4 is 11.9 Å². The van der Waals surface area contributed by atoms with E-state index in [4.69, 9.17) is 10.00 Å². The summed E-state index contributed by atoms with van der Waals surface area (Å²) in [5.41, 5.74) is 4.86. The van der Waals surface area contributed by atoms with Crippen LogP contribution in [-0.2, 0) is 17.8 Å². The Morgan fingerprint density at radius 1 is 1.34 bits per heavy atom. The van der Waals surface area contributed by atoms with Crippen LogP contribution in [0.15, 0.2) is 24.3 Å². The average molecular weight is 436 g/mol. The summed E-state index contributed by atoms with van der Waals surface area (Å²) < 4.78 is 19.9. The lowest BCUT2D eigenvalue weighted by Crippen LogP contribution is -2.52. The number of hydrogen-bond donors (Lipinski definition) is 1. The molecule has 7 nitrogen and oxygen atoms in total. The van der Waals surface area contributed by atoms with E-state index in [1.165, 1.54) is 6.07 Å². The van der Waals surface area contributed by atoms with Crippen LogP contribution in [0, 0.1) is 25.2 Å². The monoisotopic (exact) mass is 436 g/mol. The highest BCUT2D eigenvalue weighted by Crippen LogP contribution is 2.26. The molecular formula is C24H25FN4O3. The van der Waals surface area contributed by atoms with E-state index >= 15 is 0 Å². The van der Waals surface area contributed by atoms with Gasteiger partial charge in [0, 0.05) is 25.2 Å². The minimum atomic E-state index is -1.18. The van der Waals surface area contributed by atoms with Gasteiger partial charge in [0.25, 0.3) is 5.91 Å². The highest BCUT2D eigenvalue weighted by atomic mass is 19.1. The first-order chi connectivity index (χ1) is 15.4. The molecule has 1 fully saturated rings. The fourth-order valence-corrected chi connectivity index (χ4v) is 4.33. The minimum Gasteiger partial charge on any atom is -0.457 e. The number of aromatic nitrogens is 1. The number of rotatable bonds is 5. The standard InChI is InChI=1S/C24H25FN4O3/c1-14-16(3-5-18-19(14)13-32-24(18)31)7-9-29-10-8-21(20(25)12-29)28-23(30)22-6-4-17(11-26)15(2)27-22/h3-6,20-21H,7-10,12-13H2,1-2H3,(H,28,30). The summed E-state index contributed by atoms with van der Waals surface area (Å²) in [6.45, 7) is 5.60. The summed E-state index contributed by atoms with van der Waals surface area (Å²) in [4.78, 5) is 30.4. The number of nitrogens with one attached hydrogen (secondary N) is 1. The van der Waals surface area contributed by atoms with Gasteiger partial charge in [-0.3, -0.25) is 9.69 Å². The van der Waals surface area contributed by atoms with Gasteiger partial charge in [0.05, 0.1) is 22.9 Å². The zero-order valence-corrected chi connectivity index (χ0v) is 18.2. The Morgan fingerprint density at radius 3 is 2.88 bits per heavy atom. The molecule has 2 unspecified atom stereocenters. The molecule has 166 valence electrons. The van der Waals surface area contributed by atoms with Gasteiger partial charge in [0.2, 0.25) is 0 Å². The lowest BCUT2D eigenvalue weighted by atomic mass is 9.96. The van der Waals surface area contributed by atoms with Crippen molar-refractivity contribution < 1.29 is 18.7 Å². The molecule has 2 atom stereocenters. The molecule has 0 saturated carbocycles. The smallest absolute Gasteiger partial charge is 0.338 e. The number of alkyl halides is 1. The largest absolute Gasteiger partial charge is 0.457 e. The zero-order valence-electron chi connectivity index (χ0n) is 18.2. The number of nitrogens with zero attached hydrogens (tertiary/aromatic N) is 3. The molecule has 1 N–H and O–H groups in total. The number of likely N-dealkylation sites (tertiary alicyclic amines) is 1. The van der Waals surface area contributed by atoms with Crippen molar-refractivity contribution in [1.82, 2.24) is 15.2 Å². The number of hydrogen-bond acceptors (Lipinski definition) is 6. The first-order valence-electron chi connectivity index (χ1n) is 10.7. The molecular weight excluding hydrogens is 411 g/mol. The van der Waals surface area contributed by atoms with Gasteiger partial charge < -0.3 is 10.1 Å². The zero-order chi connectivity index (χ0) is 22.8. The van der Waals surface area contributed by atoms with E-state index in [1.54, 1.807) is 13.0 Å². The molecule has 0 spiro atoms. The topological polar surface area (TPSA) is 95.3 Å². The Labute approximate surface area is 186 Å². The van der Waals surface area contributed by atoms with Crippen LogP contribution in [0.25, 0.3) is 0 Å². The van der Waals surface area contributed by atoms with E-state index in [9.17, 15) is 14.0 Å². The maximum atomic E-state index is 14.8. The van der Waals surface area contributed by atoms with Crippen LogP contribution in [0.5, 0.6) is 0 Å². The van der Waals surface area contributed by atoms with Gasteiger partial charge in [-0.25, -0.2) is 14.2 Å². The van der Waals surface area contributed by atoms with Gasteiger partial charge in [0.15, 0.2) is 0 Å². The number of carbonyl (C=O) groups is 2. The average Bonchev–Trinajstić information content (AvgIpc) is 3.16. The predicted octanol–water partition coefficient (Wildman–Crippen LogP) is 2.63. The van der Waals surface area contributed by atoms with Gasteiger partial charge >= 0.3 is 5.97 Å². The Balaban J connectivity index is 1.31. The fraction of sp³-hybridized carbons (Fsp3) is 0.417. The van der Waals surface area contributed by atoms with Crippen LogP contribution in [0.3, 0.4) is 0 Å². The molecule has 0 bridgehead atoms. The second-order valence-corrected chi connectivity index (χ2v) is 8.33. The third-order valence-corrected chi connectivity index (χ3v) is 6.36. The fourth-order valence-electron chi connectivity index (χ4n) is 4.33. The molecule has 2 aromatic rings. The van der Waals surface area contributed by atoms with Crippen molar-refractivity contribution in [3.63, 3.8) is 0 Å². The molecule has 8 heteroatoms. The summed E-state index contributed by atoms with van der Waals surface area (Å²) in [7, 11) is 0. The molecule has 4 rings (SSSR count). The number of esters is 1. The van der Waals surface area contributed by atoms with Crippen molar-refractivity contribution in [3.8, 4) is 6.07 Å². The summed E-state index contributed by atoms with van der Waals surface area (Å²) >= 11 is 0. The van der Waals surface area contributed by atoms with E-state index in [2.05, 4.69) is 15.2 Å². The lowest BCUT2D eigenvalue weighted by Gasteiger charge is -2.35. The number of halogens is 1. The van der Waals surface area contributed by atoms with E-state index < -0.39 is 18.1 Å². The number of cyclic esters (lactones) is 1. The van der Waals surface area contributed by atoms with Gasteiger partial charge in [-0.2, -0.15) is 5.26 Å². The van der Waals surface area contributed by atoms with E-state index in [0.29, 0.717) is 42.9 Å². The molecule has 1 amide bonds. The number of ether oxygens (including phenoxy) is 1. The van der Waals surface area contributed by atoms with E-state index in [-0.39, 0.29) is 18.2 Å². The Hall–Kier alpha value is -3.31. The second-order valence-electron chi connectivity index (χ2n) is 8.33. The van der Waals surface area contributed by atoms with Crippen LogP contribution >= 0.6 is 0 Å². The highest BCUT2D eigenvalue weighted by molar-refractivity contribution is 5.94. The molecule has 2 aliphatic rings. The van der Waals surface area contributed by atoms with Gasteiger partial charge in [-0.1, -0.05) is 6.07 Å². The number of amides is 1. The normalized spacial score (nSPS) is 20.4. The number of aryl methyl sites for hydroxylation is 1. The Kier molecular flexibility index (Phi) is 6.19. The maximum absolute atomic E-state index is 14.8. The molecule has 0 radical (unpaired) electrons. The summed E-state index contributed by atoms with van der Waals surface area (Å²) in [6, 6.07) is 8.25.